The van der Waals surface area contributed by atoms with Crippen LogP contribution in [-0.2, 0) is 4.79 Å². The Hall–Kier alpha value is -1.33. The molecule has 2 aliphatic heterocycles. The van der Waals surface area contributed by atoms with Crippen molar-refractivity contribution >= 4 is 29.2 Å². The second-order valence-corrected chi connectivity index (χ2v) is 5.26. The molecule has 17 heavy (non-hydrogen) atoms. The quantitative estimate of drug-likeness (QED) is 0.861. The van der Waals surface area contributed by atoms with E-state index in [1.807, 2.05) is 24.3 Å². The number of carbonyl (C=O) groups is 1. The van der Waals surface area contributed by atoms with Gasteiger partial charge in [-0.1, -0.05) is 12.1 Å². The number of likely N-dealkylation sites (tertiary alicyclic amines) is 1. The molecule has 2 heterocycles. The van der Waals surface area contributed by atoms with E-state index in [-0.39, 0.29) is 17.8 Å². The van der Waals surface area contributed by atoms with Gasteiger partial charge in [0.15, 0.2) is 0 Å². The lowest BCUT2D eigenvalue weighted by molar-refractivity contribution is -0.125. The van der Waals surface area contributed by atoms with Crippen LogP contribution in [0.2, 0.25) is 0 Å². The highest BCUT2D eigenvalue weighted by Gasteiger charge is 2.39. The Morgan fingerprint density at radius 3 is 3.12 bits per heavy atom. The third-order valence-corrected chi connectivity index (χ3v) is 4.18. The van der Waals surface area contributed by atoms with E-state index in [4.69, 9.17) is 5.11 Å². The minimum atomic E-state index is -0.0240. The summed E-state index contributed by atoms with van der Waals surface area (Å²) < 4.78 is 0. The lowest BCUT2D eigenvalue weighted by atomic mass is 10.3. The minimum Gasteiger partial charge on any atom is -0.395 e. The van der Waals surface area contributed by atoms with Gasteiger partial charge in [0.25, 0.3) is 0 Å². The highest BCUT2D eigenvalue weighted by molar-refractivity contribution is 8.01. The van der Waals surface area contributed by atoms with Crippen molar-refractivity contribution in [2.24, 2.45) is 4.99 Å². The van der Waals surface area contributed by atoms with Crippen molar-refractivity contribution < 1.29 is 9.90 Å². The summed E-state index contributed by atoms with van der Waals surface area (Å²) in [4.78, 5) is 19.1. The Morgan fingerprint density at radius 1 is 1.47 bits per heavy atom. The summed E-state index contributed by atoms with van der Waals surface area (Å²) in [5.41, 5.74) is 0.918. The van der Waals surface area contributed by atoms with Gasteiger partial charge in [-0.05, 0) is 12.1 Å². The lowest BCUT2D eigenvalue weighted by Gasteiger charge is -2.22. The number of hydrogen-bond acceptors (Lipinski definition) is 4. The first-order valence-corrected chi connectivity index (χ1v) is 6.43. The minimum absolute atomic E-state index is 0.0240. The van der Waals surface area contributed by atoms with E-state index in [1.54, 1.807) is 16.7 Å². The fourth-order valence-corrected chi connectivity index (χ4v) is 3.36. The Morgan fingerprint density at radius 2 is 2.29 bits per heavy atom. The average molecular weight is 248 g/mol. The van der Waals surface area contributed by atoms with Crippen molar-refractivity contribution in [2.75, 3.05) is 13.2 Å². The molecule has 0 aromatic heterocycles. The molecule has 1 aromatic rings. The van der Waals surface area contributed by atoms with E-state index in [2.05, 4.69) is 4.99 Å². The van der Waals surface area contributed by atoms with Crippen molar-refractivity contribution in [1.29, 1.82) is 0 Å². The molecular formula is C12H12N2O2S. The number of aliphatic hydroxyl groups excluding tert-OH is 1. The zero-order chi connectivity index (χ0) is 11.8. The summed E-state index contributed by atoms with van der Waals surface area (Å²) in [5.74, 6) is 0.857. The number of thioether (sulfide) groups is 1. The first-order chi connectivity index (χ1) is 8.29. The first kappa shape index (κ1) is 10.8. The molecule has 1 aromatic carbocycles. The number of hydrogen-bond donors (Lipinski definition) is 1. The van der Waals surface area contributed by atoms with E-state index in [0.717, 1.165) is 16.4 Å². The number of aliphatic hydroxyl groups is 1. The molecule has 1 fully saturated rings. The molecule has 5 heteroatoms. The number of amidine groups is 1. The SMILES string of the molecule is O=C1CC2Sc3ccccc3N=C2N1CCO. The first-order valence-electron chi connectivity index (χ1n) is 5.55. The maximum Gasteiger partial charge on any atom is 0.229 e. The van der Waals surface area contributed by atoms with E-state index in [9.17, 15) is 4.79 Å². The largest absolute Gasteiger partial charge is 0.395 e. The van der Waals surface area contributed by atoms with Gasteiger partial charge in [0, 0.05) is 11.3 Å². The van der Waals surface area contributed by atoms with Crippen LogP contribution in [0.25, 0.3) is 0 Å². The normalized spacial score (nSPS) is 22.2. The maximum absolute atomic E-state index is 11.8. The van der Waals surface area contributed by atoms with Crippen molar-refractivity contribution in [3.63, 3.8) is 0 Å². The number of aliphatic imine (C=N–C) groups is 1. The zero-order valence-electron chi connectivity index (χ0n) is 9.17. The van der Waals surface area contributed by atoms with Crippen molar-refractivity contribution in [2.45, 2.75) is 16.6 Å². The van der Waals surface area contributed by atoms with E-state index >= 15 is 0 Å². The summed E-state index contributed by atoms with van der Waals surface area (Å²) in [7, 11) is 0. The van der Waals surface area contributed by atoms with Crippen LogP contribution in [0.15, 0.2) is 34.2 Å². The molecule has 1 atom stereocenters. The van der Waals surface area contributed by atoms with Gasteiger partial charge in [-0.2, -0.15) is 0 Å². The monoisotopic (exact) mass is 248 g/mol. The van der Waals surface area contributed by atoms with Gasteiger partial charge < -0.3 is 5.11 Å². The average Bonchev–Trinajstić information content (AvgIpc) is 2.63. The van der Waals surface area contributed by atoms with E-state index in [0.29, 0.717) is 13.0 Å². The van der Waals surface area contributed by atoms with Gasteiger partial charge in [-0.3, -0.25) is 9.69 Å². The molecule has 1 unspecified atom stereocenters. The number of fused-ring (bicyclic) bond motifs is 2. The van der Waals surface area contributed by atoms with Crippen LogP contribution in [0.5, 0.6) is 0 Å². The Labute approximate surface area is 103 Å². The molecule has 1 amide bonds. The lowest BCUT2D eigenvalue weighted by Crippen LogP contribution is -2.34. The number of amides is 1. The van der Waals surface area contributed by atoms with Gasteiger partial charge in [0.2, 0.25) is 5.91 Å². The van der Waals surface area contributed by atoms with Gasteiger partial charge in [0.05, 0.1) is 24.1 Å². The second kappa shape index (κ2) is 4.16. The predicted molar refractivity (Wildman–Crippen MR) is 66.6 cm³/mol. The third-order valence-electron chi connectivity index (χ3n) is 2.92. The van der Waals surface area contributed by atoms with Gasteiger partial charge in [0.1, 0.15) is 5.84 Å². The molecule has 88 valence electrons. The fraction of sp³-hybridized carbons (Fsp3) is 0.333. The molecule has 0 bridgehead atoms. The van der Waals surface area contributed by atoms with Crippen molar-refractivity contribution in [3.05, 3.63) is 24.3 Å². The topological polar surface area (TPSA) is 52.9 Å². The Balaban J connectivity index is 2.00. The molecule has 2 aliphatic rings. The summed E-state index contributed by atoms with van der Waals surface area (Å²) in [5, 5.41) is 9.09. The van der Waals surface area contributed by atoms with Crippen LogP contribution in [0.4, 0.5) is 5.69 Å². The van der Waals surface area contributed by atoms with Crippen LogP contribution in [0, 0.1) is 0 Å². The summed E-state index contributed by atoms with van der Waals surface area (Å²) >= 11 is 1.69. The van der Waals surface area contributed by atoms with Crippen molar-refractivity contribution in [1.82, 2.24) is 4.90 Å². The number of rotatable bonds is 2. The highest BCUT2D eigenvalue weighted by atomic mass is 32.2. The number of nitrogens with zero attached hydrogens (tertiary/aromatic N) is 2. The zero-order valence-corrected chi connectivity index (χ0v) is 9.98. The molecule has 1 N–H and O–H groups in total. The summed E-state index contributed by atoms with van der Waals surface area (Å²) in [6.45, 7) is 0.320. The van der Waals surface area contributed by atoms with Gasteiger partial charge in [-0.15, -0.1) is 11.8 Å². The number of para-hydroxylation sites is 1. The maximum atomic E-state index is 11.8. The molecule has 4 nitrogen and oxygen atoms in total. The molecule has 1 saturated heterocycles. The Bertz CT molecular complexity index is 501. The highest BCUT2D eigenvalue weighted by Crippen LogP contribution is 2.42. The van der Waals surface area contributed by atoms with Crippen LogP contribution >= 0.6 is 11.8 Å². The second-order valence-electron chi connectivity index (χ2n) is 4.02. The van der Waals surface area contributed by atoms with Gasteiger partial charge in [-0.25, -0.2) is 4.99 Å². The number of β-amino-alcohol motifs (C(OH)–C–C–N with tert-alkyl or cyclic N) is 1. The van der Waals surface area contributed by atoms with E-state index < -0.39 is 0 Å². The van der Waals surface area contributed by atoms with Crippen LogP contribution < -0.4 is 0 Å². The molecule has 0 spiro atoms. The molecule has 0 aliphatic carbocycles. The molecular weight excluding hydrogens is 236 g/mol. The molecule has 0 radical (unpaired) electrons. The van der Waals surface area contributed by atoms with Crippen LogP contribution in [-0.4, -0.2) is 40.2 Å². The number of benzene rings is 1. The fourth-order valence-electron chi connectivity index (χ4n) is 2.15. The molecule has 3 rings (SSSR count). The summed E-state index contributed by atoms with van der Waals surface area (Å²) in [6.07, 6.45) is 0.484. The standard InChI is InChI=1S/C12H12N2O2S/c15-6-5-14-11(16)7-10-12(14)13-8-3-1-2-4-9(8)17-10/h1-4,10,15H,5-7H2. The van der Waals surface area contributed by atoms with Crippen LogP contribution in [0.3, 0.4) is 0 Å². The smallest absolute Gasteiger partial charge is 0.229 e. The number of carbonyl (C=O) groups excluding carboxylic acids is 1. The van der Waals surface area contributed by atoms with E-state index in [1.165, 1.54) is 0 Å². The van der Waals surface area contributed by atoms with Gasteiger partial charge >= 0.3 is 0 Å². The summed E-state index contributed by atoms with van der Waals surface area (Å²) in [6, 6.07) is 7.90. The van der Waals surface area contributed by atoms with Crippen LogP contribution in [0.1, 0.15) is 6.42 Å². The predicted octanol–water partition coefficient (Wildman–Crippen LogP) is 1.42. The third kappa shape index (κ3) is 1.75. The van der Waals surface area contributed by atoms with Crippen molar-refractivity contribution in [3.8, 4) is 0 Å². The molecule has 0 saturated carbocycles. The Kier molecular flexibility index (Phi) is 2.64.